The lowest BCUT2D eigenvalue weighted by Crippen LogP contribution is -2.22. The number of pyridine rings is 1. The molecular weight excluding hydrogens is 526 g/mol. The normalized spacial score (nSPS) is 10.8. The van der Waals surface area contributed by atoms with Gasteiger partial charge in [0.05, 0.1) is 37.8 Å². The molecule has 0 amide bonds. The monoisotopic (exact) mass is 553 g/mol. The third-order valence-electron chi connectivity index (χ3n) is 7.01. The van der Waals surface area contributed by atoms with Crippen LogP contribution in [-0.4, -0.2) is 39.0 Å². The topological polar surface area (TPSA) is 102 Å². The van der Waals surface area contributed by atoms with Gasteiger partial charge in [0, 0.05) is 36.4 Å². The largest absolute Gasteiger partial charge is 0.497 e. The number of anilines is 1. The number of nitriles is 1. The standard InChI is InChI=1S/C33H27N7O2/c1-41-30-9-3-23(4-10-30)21-39(22-24-5-11-31(42-2)12-6-24)29-15-27(18-35-20-29)25-7-8-26-19-37-40(32(26)16-25)33-36-14-13-28(17-34)38-33/h3-16,18-20H,21-22H2,1-2H3. The van der Waals surface area contributed by atoms with E-state index < -0.39 is 0 Å². The number of benzene rings is 3. The van der Waals surface area contributed by atoms with Crippen LogP contribution in [0, 0.1) is 11.3 Å². The minimum atomic E-state index is 0.283. The Morgan fingerprint density at radius 2 is 1.48 bits per heavy atom. The zero-order chi connectivity index (χ0) is 28.9. The molecule has 0 aliphatic carbocycles. The molecule has 3 aromatic carbocycles. The van der Waals surface area contributed by atoms with Gasteiger partial charge < -0.3 is 14.4 Å². The van der Waals surface area contributed by atoms with Crippen molar-refractivity contribution in [3.63, 3.8) is 0 Å². The van der Waals surface area contributed by atoms with Gasteiger partial charge in [-0.25, -0.2) is 9.97 Å². The molecule has 0 saturated carbocycles. The Bertz CT molecular complexity index is 1830. The van der Waals surface area contributed by atoms with Crippen molar-refractivity contribution >= 4 is 16.6 Å². The minimum absolute atomic E-state index is 0.283. The highest BCUT2D eigenvalue weighted by Crippen LogP contribution is 2.29. The number of aromatic nitrogens is 5. The Kier molecular flexibility index (Phi) is 7.42. The van der Waals surface area contributed by atoms with Gasteiger partial charge in [-0.05, 0) is 59.2 Å². The Morgan fingerprint density at radius 3 is 2.12 bits per heavy atom. The van der Waals surface area contributed by atoms with Crippen molar-refractivity contribution in [2.75, 3.05) is 19.1 Å². The van der Waals surface area contributed by atoms with Crippen LogP contribution in [0.1, 0.15) is 16.8 Å². The quantitative estimate of drug-likeness (QED) is 0.216. The van der Waals surface area contributed by atoms with Gasteiger partial charge >= 0.3 is 0 Å². The minimum Gasteiger partial charge on any atom is -0.497 e. The second-order valence-corrected chi connectivity index (χ2v) is 9.67. The molecule has 0 unspecified atom stereocenters. The van der Waals surface area contributed by atoms with E-state index in [0.29, 0.717) is 19.0 Å². The molecule has 0 aliphatic heterocycles. The zero-order valence-corrected chi connectivity index (χ0v) is 23.2. The van der Waals surface area contributed by atoms with E-state index >= 15 is 0 Å². The first-order valence-electron chi connectivity index (χ1n) is 13.3. The van der Waals surface area contributed by atoms with Crippen molar-refractivity contribution in [1.29, 1.82) is 5.26 Å². The van der Waals surface area contributed by atoms with Gasteiger partial charge in [-0.3, -0.25) is 4.98 Å². The summed E-state index contributed by atoms with van der Waals surface area (Å²) in [5, 5.41) is 14.7. The van der Waals surface area contributed by atoms with Crippen LogP contribution in [0.2, 0.25) is 0 Å². The van der Waals surface area contributed by atoms with Gasteiger partial charge in [-0.2, -0.15) is 15.0 Å². The van der Waals surface area contributed by atoms with Crippen LogP contribution >= 0.6 is 0 Å². The number of hydrogen-bond donors (Lipinski definition) is 0. The molecule has 0 radical (unpaired) electrons. The lowest BCUT2D eigenvalue weighted by molar-refractivity contribution is 0.414. The molecule has 0 atom stereocenters. The second-order valence-electron chi connectivity index (χ2n) is 9.67. The van der Waals surface area contributed by atoms with Crippen LogP contribution in [-0.2, 0) is 13.1 Å². The van der Waals surface area contributed by atoms with Crippen LogP contribution in [0.5, 0.6) is 11.5 Å². The summed E-state index contributed by atoms with van der Waals surface area (Å²) in [5.74, 6) is 1.99. The molecule has 0 fully saturated rings. The highest BCUT2D eigenvalue weighted by atomic mass is 16.5. The molecular formula is C33H27N7O2. The maximum atomic E-state index is 9.28. The summed E-state index contributed by atoms with van der Waals surface area (Å²) in [5.41, 5.74) is 6.34. The van der Waals surface area contributed by atoms with E-state index in [0.717, 1.165) is 50.3 Å². The van der Waals surface area contributed by atoms with Gasteiger partial charge in [0.25, 0.3) is 5.95 Å². The molecule has 0 aliphatic rings. The molecule has 3 heterocycles. The van der Waals surface area contributed by atoms with Crippen LogP contribution in [0.4, 0.5) is 5.69 Å². The highest BCUT2D eigenvalue weighted by Gasteiger charge is 2.14. The predicted octanol–water partition coefficient (Wildman–Crippen LogP) is 5.97. The van der Waals surface area contributed by atoms with E-state index in [-0.39, 0.29) is 5.69 Å². The number of nitrogens with zero attached hydrogens (tertiary/aromatic N) is 7. The third-order valence-corrected chi connectivity index (χ3v) is 7.01. The first kappa shape index (κ1) is 26.5. The molecule has 42 heavy (non-hydrogen) atoms. The number of rotatable bonds is 9. The fourth-order valence-corrected chi connectivity index (χ4v) is 4.77. The van der Waals surface area contributed by atoms with Gasteiger partial charge in [-0.15, -0.1) is 0 Å². The molecule has 0 spiro atoms. The summed E-state index contributed by atoms with van der Waals surface area (Å²) >= 11 is 0. The summed E-state index contributed by atoms with van der Waals surface area (Å²) in [6.07, 6.45) is 7.07. The first-order chi connectivity index (χ1) is 20.6. The lowest BCUT2D eigenvalue weighted by atomic mass is 10.1. The molecule has 206 valence electrons. The van der Waals surface area contributed by atoms with Crippen molar-refractivity contribution < 1.29 is 9.47 Å². The smallest absolute Gasteiger partial charge is 0.252 e. The van der Waals surface area contributed by atoms with Crippen molar-refractivity contribution in [2.24, 2.45) is 0 Å². The van der Waals surface area contributed by atoms with E-state index in [1.807, 2.05) is 48.8 Å². The van der Waals surface area contributed by atoms with Crippen molar-refractivity contribution in [3.05, 3.63) is 120 Å². The van der Waals surface area contributed by atoms with Crippen LogP contribution in [0.25, 0.3) is 28.0 Å². The third kappa shape index (κ3) is 5.60. The van der Waals surface area contributed by atoms with E-state index in [4.69, 9.17) is 9.47 Å². The SMILES string of the molecule is COc1ccc(CN(Cc2ccc(OC)cc2)c2cncc(-c3ccc4cnn(-c5nccc(C#N)n5)c4c3)c2)cc1. The predicted molar refractivity (Wildman–Crippen MR) is 160 cm³/mol. The van der Waals surface area contributed by atoms with E-state index in [1.165, 1.54) is 0 Å². The van der Waals surface area contributed by atoms with Gasteiger partial charge in [0.2, 0.25) is 0 Å². The van der Waals surface area contributed by atoms with E-state index in [2.05, 4.69) is 67.4 Å². The fourth-order valence-electron chi connectivity index (χ4n) is 4.77. The maximum Gasteiger partial charge on any atom is 0.252 e. The first-order valence-corrected chi connectivity index (χ1v) is 13.3. The van der Waals surface area contributed by atoms with Crippen LogP contribution < -0.4 is 14.4 Å². The van der Waals surface area contributed by atoms with Crippen molar-refractivity contribution in [3.8, 4) is 34.6 Å². The summed E-state index contributed by atoms with van der Waals surface area (Å²) in [7, 11) is 3.34. The van der Waals surface area contributed by atoms with Crippen molar-refractivity contribution in [1.82, 2.24) is 24.7 Å². The molecule has 0 N–H and O–H groups in total. The Balaban J connectivity index is 1.36. The van der Waals surface area contributed by atoms with Gasteiger partial charge in [0.15, 0.2) is 0 Å². The lowest BCUT2D eigenvalue weighted by Gasteiger charge is -2.25. The Labute approximate surface area is 243 Å². The fraction of sp³-hybridized carbons (Fsp3) is 0.121. The summed E-state index contributed by atoms with van der Waals surface area (Å²) in [6.45, 7) is 1.36. The van der Waals surface area contributed by atoms with E-state index in [1.54, 1.807) is 37.4 Å². The average Bonchev–Trinajstić information content (AvgIpc) is 3.49. The molecule has 6 aromatic rings. The number of hydrogen-bond acceptors (Lipinski definition) is 8. The Morgan fingerprint density at radius 1 is 0.786 bits per heavy atom. The second kappa shape index (κ2) is 11.8. The molecule has 3 aromatic heterocycles. The summed E-state index contributed by atoms with van der Waals surface area (Å²) in [4.78, 5) is 15.6. The zero-order valence-electron chi connectivity index (χ0n) is 23.2. The van der Waals surface area contributed by atoms with Crippen LogP contribution in [0.15, 0.2) is 104 Å². The average molecular weight is 554 g/mol. The molecule has 9 nitrogen and oxygen atoms in total. The molecule has 0 bridgehead atoms. The van der Waals surface area contributed by atoms with E-state index in [9.17, 15) is 5.26 Å². The summed E-state index contributed by atoms with van der Waals surface area (Å²) in [6, 6.07) is 28.1. The molecule has 6 rings (SSSR count). The molecule has 0 saturated heterocycles. The summed E-state index contributed by atoms with van der Waals surface area (Å²) < 4.78 is 12.3. The highest BCUT2D eigenvalue weighted by molar-refractivity contribution is 5.85. The van der Waals surface area contributed by atoms with Crippen LogP contribution in [0.3, 0.4) is 0 Å². The van der Waals surface area contributed by atoms with Gasteiger partial charge in [-0.1, -0.05) is 36.4 Å². The van der Waals surface area contributed by atoms with Gasteiger partial charge in [0.1, 0.15) is 23.3 Å². The number of ether oxygens (including phenoxy) is 2. The number of methoxy groups -OCH3 is 2. The molecule has 9 heteroatoms. The van der Waals surface area contributed by atoms with Crippen molar-refractivity contribution in [2.45, 2.75) is 13.1 Å². The Hall–Kier alpha value is -5.75. The maximum absolute atomic E-state index is 9.28. The number of fused-ring (bicyclic) bond motifs is 1.